The zero-order valence-corrected chi connectivity index (χ0v) is 15.3. The normalized spacial score (nSPS) is 13.7. The Bertz CT molecular complexity index is 1000. The molecule has 0 saturated heterocycles. The third-order valence-electron chi connectivity index (χ3n) is 4.47. The Morgan fingerprint density at radius 2 is 2.00 bits per heavy atom. The summed E-state index contributed by atoms with van der Waals surface area (Å²) in [6, 6.07) is 13.1. The van der Waals surface area contributed by atoms with Crippen LogP contribution in [0.1, 0.15) is 29.4 Å². The number of nitrogens with one attached hydrogen (secondary N) is 1. The number of ether oxygens (including phenoxy) is 1. The molecule has 6 heteroatoms. The van der Waals surface area contributed by atoms with Crippen molar-refractivity contribution < 1.29 is 9.53 Å². The van der Waals surface area contributed by atoms with E-state index in [4.69, 9.17) is 4.74 Å². The summed E-state index contributed by atoms with van der Waals surface area (Å²) in [6.07, 6.45) is 2.32. The number of esters is 1. The van der Waals surface area contributed by atoms with Crippen molar-refractivity contribution in [1.82, 2.24) is 4.57 Å². The van der Waals surface area contributed by atoms with Crippen LogP contribution in [0.2, 0.25) is 0 Å². The van der Waals surface area contributed by atoms with Crippen LogP contribution in [0, 0.1) is 5.92 Å². The molecule has 0 spiro atoms. The Morgan fingerprint density at radius 1 is 1.23 bits per heavy atom. The van der Waals surface area contributed by atoms with Crippen LogP contribution in [0.15, 0.2) is 47.3 Å². The lowest BCUT2D eigenvalue weighted by Gasteiger charge is -2.09. The lowest BCUT2D eigenvalue weighted by molar-refractivity contribution is 0.0533. The van der Waals surface area contributed by atoms with Gasteiger partial charge in [-0.3, -0.25) is 9.36 Å². The number of aromatic nitrogens is 1. The summed E-state index contributed by atoms with van der Waals surface area (Å²) in [7, 11) is 0. The van der Waals surface area contributed by atoms with Crippen LogP contribution in [-0.2, 0) is 11.3 Å². The first-order valence-electron chi connectivity index (χ1n) is 8.83. The van der Waals surface area contributed by atoms with Crippen molar-refractivity contribution in [1.29, 1.82) is 0 Å². The third kappa shape index (κ3) is 3.24. The van der Waals surface area contributed by atoms with Crippen molar-refractivity contribution in [2.45, 2.75) is 26.3 Å². The Morgan fingerprint density at radius 3 is 2.69 bits per heavy atom. The second kappa shape index (κ2) is 6.96. The molecule has 26 heavy (non-hydrogen) atoms. The van der Waals surface area contributed by atoms with Gasteiger partial charge in [-0.15, -0.1) is 11.3 Å². The molecule has 1 saturated carbocycles. The van der Waals surface area contributed by atoms with E-state index in [9.17, 15) is 9.59 Å². The highest BCUT2D eigenvalue weighted by Gasteiger charge is 2.26. The van der Waals surface area contributed by atoms with E-state index in [0.29, 0.717) is 29.6 Å². The fourth-order valence-corrected chi connectivity index (χ4v) is 4.15. The summed E-state index contributed by atoms with van der Waals surface area (Å²) >= 11 is 1.33. The number of hydrogen-bond donors (Lipinski definition) is 1. The number of pyridine rings is 1. The molecular weight excluding hydrogens is 348 g/mol. The number of carbonyl (C=O) groups is 1. The largest absolute Gasteiger partial charge is 0.462 e. The smallest absolute Gasteiger partial charge is 0.350 e. The number of rotatable bonds is 6. The number of hydrogen-bond acceptors (Lipinski definition) is 5. The Balaban J connectivity index is 1.87. The minimum atomic E-state index is -0.363. The lowest BCUT2D eigenvalue weighted by atomic mass is 10.2. The van der Waals surface area contributed by atoms with Gasteiger partial charge in [0, 0.05) is 23.7 Å². The fourth-order valence-electron chi connectivity index (χ4n) is 2.99. The quantitative estimate of drug-likeness (QED) is 0.656. The molecule has 5 nitrogen and oxygen atoms in total. The summed E-state index contributed by atoms with van der Waals surface area (Å²) in [5.41, 5.74) is 1.57. The van der Waals surface area contributed by atoms with Crippen LogP contribution >= 0.6 is 11.3 Å². The van der Waals surface area contributed by atoms with Gasteiger partial charge in [-0.05, 0) is 43.9 Å². The minimum Gasteiger partial charge on any atom is -0.462 e. The van der Waals surface area contributed by atoms with Gasteiger partial charge >= 0.3 is 5.97 Å². The molecule has 0 atom stereocenters. The molecule has 3 aromatic rings. The first-order chi connectivity index (χ1) is 12.7. The maximum atomic E-state index is 12.5. The predicted octanol–water partition coefficient (Wildman–Crippen LogP) is 4.39. The number of nitrogens with zero attached hydrogens (tertiary/aromatic N) is 1. The molecule has 0 unspecified atom stereocenters. The van der Waals surface area contributed by atoms with Crippen LogP contribution in [-0.4, -0.2) is 17.1 Å². The SMILES string of the molecule is CCOC(=O)c1sc2c(ccc(=O)n2CC2CC2)c1Nc1ccccc1. The highest BCUT2D eigenvalue weighted by Crippen LogP contribution is 2.39. The number of thiophene rings is 1. The standard InChI is InChI=1S/C20H20N2O3S/c1-2-25-20(24)18-17(21-14-6-4-3-5-7-14)15-10-11-16(23)22(19(15)26-18)12-13-8-9-13/h3-7,10-11,13,21H,2,8-9,12H2,1H3. The molecule has 1 fully saturated rings. The van der Waals surface area contributed by atoms with E-state index >= 15 is 0 Å². The van der Waals surface area contributed by atoms with Crippen molar-refractivity contribution in [2.75, 3.05) is 11.9 Å². The molecule has 4 rings (SSSR count). The van der Waals surface area contributed by atoms with E-state index in [1.54, 1.807) is 23.6 Å². The first-order valence-corrected chi connectivity index (χ1v) is 9.64. The van der Waals surface area contributed by atoms with Gasteiger partial charge in [-0.2, -0.15) is 0 Å². The average molecular weight is 368 g/mol. The molecule has 1 aliphatic carbocycles. The van der Waals surface area contributed by atoms with Crippen LogP contribution in [0.5, 0.6) is 0 Å². The molecule has 1 aliphatic rings. The fraction of sp³-hybridized carbons (Fsp3) is 0.300. The van der Waals surface area contributed by atoms with Gasteiger partial charge in [0.1, 0.15) is 9.71 Å². The Labute approximate surface area is 155 Å². The highest BCUT2D eigenvalue weighted by molar-refractivity contribution is 7.21. The second-order valence-electron chi connectivity index (χ2n) is 6.46. The predicted molar refractivity (Wildman–Crippen MR) is 104 cm³/mol. The summed E-state index contributed by atoms with van der Waals surface area (Å²) in [4.78, 5) is 26.2. The molecule has 2 aromatic heterocycles. The zero-order valence-electron chi connectivity index (χ0n) is 14.5. The second-order valence-corrected chi connectivity index (χ2v) is 7.46. The molecule has 2 heterocycles. The van der Waals surface area contributed by atoms with Crippen LogP contribution < -0.4 is 10.9 Å². The summed E-state index contributed by atoms with van der Waals surface area (Å²) in [5, 5.41) is 4.22. The molecule has 1 N–H and O–H groups in total. The minimum absolute atomic E-state index is 0.0210. The van der Waals surface area contributed by atoms with E-state index in [-0.39, 0.29) is 11.5 Å². The van der Waals surface area contributed by atoms with Crippen LogP contribution in [0.25, 0.3) is 10.2 Å². The molecule has 0 aliphatic heterocycles. The van der Waals surface area contributed by atoms with Gasteiger partial charge < -0.3 is 10.1 Å². The van der Waals surface area contributed by atoms with Crippen LogP contribution in [0.4, 0.5) is 11.4 Å². The van der Waals surface area contributed by atoms with E-state index < -0.39 is 0 Å². The van der Waals surface area contributed by atoms with E-state index in [2.05, 4.69) is 5.32 Å². The Hall–Kier alpha value is -2.60. The molecular formula is C20H20N2O3S. The molecule has 134 valence electrons. The maximum absolute atomic E-state index is 12.5. The lowest BCUT2D eigenvalue weighted by Crippen LogP contribution is -2.19. The summed E-state index contributed by atoms with van der Waals surface area (Å²) < 4.78 is 7.05. The van der Waals surface area contributed by atoms with Gasteiger partial charge in [-0.25, -0.2) is 4.79 Å². The van der Waals surface area contributed by atoms with Crippen molar-refractivity contribution >= 4 is 38.9 Å². The number of anilines is 2. The number of fused-ring (bicyclic) bond motifs is 1. The van der Waals surface area contributed by atoms with Gasteiger partial charge in [0.15, 0.2) is 0 Å². The topological polar surface area (TPSA) is 60.3 Å². The summed E-state index contributed by atoms with van der Waals surface area (Å²) in [5.74, 6) is 0.203. The van der Waals surface area contributed by atoms with E-state index in [0.717, 1.165) is 28.7 Å². The molecule has 0 radical (unpaired) electrons. The summed E-state index contributed by atoms with van der Waals surface area (Å²) in [6.45, 7) is 2.81. The van der Waals surface area contributed by atoms with Gasteiger partial charge in [0.25, 0.3) is 5.56 Å². The van der Waals surface area contributed by atoms with E-state index in [1.165, 1.54) is 11.3 Å². The molecule has 0 amide bonds. The van der Waals surface area contributed by atoms with Gasteiger partial charge in [0.05, 0.1) is 12.3 Å². The van der Waals surface area contributed by atoms with Crippen molar-refractivity contribution in [2.24, 2.45) is 5.92 Å². The Kier molecular flexibility index (Phi) is 4.51. The monoisotopic (exact) mass is 368 g/mol. The molecule has 0 bridgehead atoms. The average Bonchev–Trinajstić information content (AvgIpc) is 3.39. The van der Waals surface area contributed by atoms with Crippen molar-refractivity contribution in [3.63, 3.8) is 0 Å². The van der Waals surface area contributed by atoms with Crippen molar-refractivity contribution in [3.8, 4) is 0 Å². The van der Waals surface area contributed by atoms with Crippen LogP contribution in [0.3, 0.4) is 0 Å². The number of benzene rings is 1. The third-order valence-corrected chi connectivity index (χ3v) is 5.68. The van der Waals surface area contributed by atoms with Gasteiger partial charge in [0.2, 0.25) is 0 Å². The van der Waals surface area contributed by atoms with Crippen molar-refractivity contribution in [3.05, 3.63) is 57.7 Å². The number of carbonyl (C=O) groups excluding carboxylic acids is 1. The first kappa shape index (κ1) is 16.8. The maximum Gasteiger partial charge on any atom is 0.350 e. The number of para-hydroxylation sites is 1. The van der Waals surface area contributed by atoms with Gasteiger partial charge in [-0.1, -0.05) is 18.2 Å². The van der Waals surface area contributed by atoms with E-state index in [1.807, 2.05) is 30.3 Å². The highest BCUT2D eigenvalue weighted by atomic mass is 32.1. The zero-order chi connectivity index (χ0) is 18.1. The molecule has 1 aromatic carbocycles.